The Kier molecular flexibility index (Phi) is 4.88. The summed E-state index contributed by atoms with van der Waals surface area (Å²) in [6.07, 6.45) is 0. The quantitative estimate of drug-likeness (QED) is 0.181. The molecular weight excluding hydrogens is 540 g/mol. The Morgan fingerprint density at radius 2 is 0.956 bits per heavy atom. The van der Waals surface area contributed by atoms with Crippen molar-refractivity contribution in [1.29, 1.82) is 0 Å². The van der Waals surface area contributed by atoms with E-state index in [1.165, 1.54) is 98.4 Å². The molecule has 0 nitrogen and oxygen atoms in total. The first-order chi connectivity index (χ1) is 22.1. The van der Waals surface area contributed by atoms with Gasteiger partial charge in [0, 0.05) is 5.41 Å². The first kappa shape index (κ1) is 24.9. The van der Waals surface area contributed by atoms with E-state index in [0.29, 0.717) is 0 Å². The lowest BCUT2D eigenvalue weighted by Gasteiger charge is -2.22. The lowest BCUT2D eigenvalue weighted by molar-refractivity contribution is 0.661. The second-order valence-electron chi connectivity index (χ2n) is 13.3. The molecule has 0 atom stereocenters. The van der Waals surface area contributed by atoms with Crippen molar-refractivity contribution in [3.8, 4) is 33.4 Å². The van der Waals surface area contributed by atoms with Gasteiger partial charge in [-0.25, -0.2) is 0 Å². The predicted octanol–water partition coefficient (Wildman–Crippen LogP) is 12.5. The number of rotatable bonds is 2. The molecule has 210 valence electrons. The molecule has 45 heavy (non-hydrogen) atoms. The number of hydrogen-bond acceptors (Lipinski definition) is 0. The molecule has 9 aromatic rings. The minimum Gasteiger partial charge on any atom is -0.0616 e. The van der Waals surface area contributed by atoms with Gasteiger partial charge in [-0.2, -0.15) is 0 Å². The van der Waals surface area contributed by atoms with Gasteiger partial charge in [-0.15, -0.1) is 0 Å². The third kappa shape index (κ3) is 3.37. The van der Waals surface area contributed by atoms with Crippen molar-refractivity contribution in [3.63, 3.8) is 0 Å². The van der Waals surface area contributed by atoms with Crippen LogP contribution in [0.25, 0.3) is 87.2 Å². The topological polar surface area (TPSA) is 0 Å². The Bertz CT molecular complexity index is 2600. The van der Waals surface area contributed by atoms with E-state index in [0.717, 1.165) is 0 Å². The van der Waals surface area contributed by atoms with Crippen LogP contribution in [0.15, 0.2) is 146 Å². The monoisotopic (exact) mass is 570 g/mol. The molecule has 0 unspecified atom stereocenters. The van der Waals surface area contributed by atoms with E-state index in [4.69, 9.17) is 0 Å². The molecular formula is C45H30. The molecule has 0 saturated heterocycles. The SMILES string of the molecule is CC1(C)c2cc(-c3cc4ccc5cccc6ccc(c3)c4c56)ccc2-c2c1ccc1c(-c3cccc4ccccc34)cccc21. The third-order valence-electron chi connectivity index (χ3n) is 10.6. The average molecular weight is 571 g/mol. The predicted molar refractivity (Wildman–Crippen MR) is 194 cm³/mol. The highest BCUT2D eigenvalue weighted by atomic mass is 14.4. The summed E-state index contributed by atoms with van der Waals surface area (Å²) in [5.74, 6) is 0. The Labute approximate surface area is 262 Å². The second-order valence-corrected chi connectivity index (χ2v) is 13.3. The molecule has 0 aromatic heterocycles. The molecule has 1 aliphatic carbocycles. The average Bonchev–Trinajstić information content (AvgIpc) is 3.32. The first-order valence-corrected chi connectivity index (χ1v) is 15.9. The lowest BCUT2D eigenvalue weighted by Crippen LogP contribution is -2.15. The molecule has 9 aromatic carbocycles. The Balaban J connectivity index is 1.17. The summed E-state index contributed by atoms with van der Waals surface area (Å²) >= 11 is 0. The normalized spacial score (nSPS) is 13.7. The van der Waals surface area contributed by atoms with Crippen molar-refractivity contribution in [2.24, 2.45) is 0 Å². The molecule has 0 spiro atoms. The molecule has 10 rings (SSSR count). The van der Waals surface area contributed by atoms with E-state index in [9.17, 15) is 0 Å². The van der Waals surface area contributed by atoms with Gasteiger partial charge >= 0.3 is 0 Å². The summed E-state index contributed by atoms with van der Waals surface area (Å²) in [7, 11) is 0. The maximum Gasteiger partial charge on any atom is 0.0159 e. The van der Waals surface area contributed by atoms with E-state index in [1.807, 2.05) is 0 Å². The summed E-state index contributed by atoms with van der Waals surface area (Å²) in [6.45, 7) is 4.78. The Morgan fingerprint density at radius 1 is 0.356 bits per heavy atom. The van der Waals surface area contributed by atoms with Crippen molar-refractivity contribution in [3.05, 3.63) is 157 Å². The molecule has 0 saturated carbocycles. The summed E-state index contributed by atoms with van der Waals surface area (Å²) in [6, 6.07) is 54.7. The maximum atomic E-state index is 2.46. The van der Waals surface area contributed by atoms with E-state index >= 15 is 0 Å². The number of fused-ring (bicyclic) bond motifs is 6. The first-order valence-electron chi connectivity index (χ1n) is 15.9. The minimum absolute atomic E-state index is 0.0968. The summed E-state index contributed by atoms with van der Waals surface area (Å²) in [4.78, 5) is 0. The number of benzene rings is 9. The highest BCUT2D eigenvalue weighted by Crippen LogP contribution is 2.53. The van der Waals surface area contributed by atoms with Crippen LogP contribution in [0.1, 0.15) is 25.0 Å². The summed E-state index contributed by atoms with van der Waals surface area (Å²) in [5.41, 5.74) is 10.6. The van der Waals surface area contributed by atoms with Gasteiger partial charge in [-0.1, -0.05) is 141 Å². The molecule has 0 fully saturated rings. The Hall–Kier alpha value is -5.46. The summed E-state index contributed by atoms with van der Waals surface area (Å²) in [5, 5.41) is 13.2. The van der Waals surface area contributed by atoms with Gasteiger partial charge in [0.2, 0.25) is 0 Å². The zero-order valence-corrected chi connectivity index (χ0v) is 25.4. The van der Waals surface area contributed by atoms with Crippen LogP contribution in [-0.4, -0.2) is 0 Å². The van der Waals surface area contributed by atoms with Crippen LogP contribution >= 0.6 is 0 Å². The van der Waals surface area contributed by atoms with Crippen molar-refractivity contribution in [2.75, 3.05) is 0 Å². The van der Waals surface area contributed by atoms with Gasteiger partial charge in [0.05, 0.1) is 0 Å². The maximum absolute atomic E-state index is 2.46. The minimum atomic E-state index is -0.0968. The van der Waals surface area contributed by atoms with E-state index < -0.39 is 0 Å². The lowest BCUT2D eigenvalue weighted by atomic mass is 9.81. The molecule has 0 aliphatic heterocycles. The molecule has 1 aliphatic rings. The molecule has 0 bridgehead atoms. The molecule has 0 heteroatoms. The summed E-state index contributed by atoms with van der Waals surface area (Å²) < 4.78 is 0. The zero-order valence-electron chi connectivity index (χ0n) is 25.4. The van der Waals surface area contributed by atoms with E-state index in [2.05, 4.69) is 159 Å². The van der Waals surface area contributed by atoms with Gasteiger partial charge in [0.25, 0.3) is 0 Å². The van der Waals surface area contributed by atoms with Gasteiger partial charge in [0.15, 0.2) is 0 Å². The molecule has 0 radical (unpaired) electrons. The highest BCUT2D eigenvalue weighted by Gasteiger charge is 2.37. The van der Waals surface area contributed by atoms with Crippen LogP contribution in [-0.2, 0) is 5.41 Å². The van der Waals surface area contributed by atoms with Crippen LogP contribution in [0, 0.1) is 0 Å². The van der Waals surface area contributed by atoms with Crippen molar-refractivity contribution < 1.29 is 0 Å². The Morgan fingerprint density at radius 3 is 1.76 bits per heavy atom. The second kappa shape index (κ2) is 8.80. The largest absolute Gasteiger partial charge is 0.0616 e. The van der Waals surface area contributed by atoms with Crippen molar-refractivity contribution in [2.45, 2.75) is 19.3 Å². The zero-order chi connectivity index (χ0) is 29.9. The number of hydrogen-bond donors (Lipinski definition) is 0. The fourth-order valence-corrected chi connectivity index (χ4v) is 8.39. The van der Waals surface area contributed by atoms with Crippen LogP contribution in [0.2, 0.25) is 0 Å². The van der Waals surface area contributed by atoms with Crippen LogP contribution in [0.5, 0.6) is 0 Å². The third-order valence-corrected chi connectivity index (χ3v) is 10.6. The van der Waals surface area contributed by atoms with E-state index in [-0.39, 0.29) is 5.41 Å². The van der Waals surface area contributed by atoms with Gasteiger partial charge in [0.1, 0.15) is 0 Å². The standard InChI is InChI=1S/C45H30/c1-45(2)40-23-22-37-36(35-13-6-9-27-8-3-4-12-34(27)35)14-7-15-38(37)44(40)39-21-20-30(26-41(39)45)33-24-31-18-16-28-10-5-11-29-17-19-32(25-33)43(31)42(28)29/h3-26H,1-2H3. The van der Waals surface area contributed by atoms with Crippen LogP contribution in [0.4, 0.5) is 0 Å². The van der Waals surface area contributed by atoms with Gasteiger partial charge < -0.3 is 0 Å². The molecule has 0 amide bonds. The molecule has 0 N–H and O–H groups in total. The van der Waals surface area contributed by atoms with Crippen LogP contribution < -0.4 is 0 Å². The molecule has 0 heterocycles. The highest BCUT2D eigenvalue weighted by molar-refractivity contribution is 6.23. The van der Waals surface area contributed by atoms with Gasteiger partial charge in [-0.3, -0.25) is 0 Å². The van der Waals surface area contributed by atoms with Crippen molar-refractivity contribution in [1.82, 2.24) is 0 Å². The van der Waals surface area contributed by atoms with Crippen LogP contribution in [0.3, 0.4) is 0 Å². The van der Waals surface area contributed by atoms with Gasteiger partial charge in [-0.05, 0) is 117 Å². The van der Waals surface area contributed by atoms with E-state index in [1.54, 1.807) is 0 Å². The smallest absolute Gasteiger partial charge is 0.0159 e. The fourth-order valence-electron chi connectivity index (χ4n) is 8.39. The van der Waals surface area contributed by atoms with Crippen molar-refractivity contribution >= 4 is 53.9 Å². The fraction of sp³-hybridized carbons (Fsp3) is 0.0667.